The molecule has 8 heteroatoms. The van der Waals surface area contributed by atoms with Crippen molar-refractivity contribution in [2.75, 3.05) is 19.8 Å². The van der Waals surface area contributed by atoms with E-state index in [9.17, 15) is 14.4 Å². The number of hydrogen-bond acceptors (Lipinski definition) is 6. The number of aliphatic hydroxyl groups is 1. The Hall–Kier alpha value is -1.28. The molecule has 7 nitrogen and oxygen atoms in total. The average Bonchev–Trinajstić information content (AvgIpc) is 3.15. The molecule has 2 unspecified atom stereocenters. The minimum atomic E-state index is -0.607. The van der Waals surface area contributed by atoms with Crippen molar-refractivity contribution in [3.05, 3.63) is 0 Å². The van der Waals surface area contributed by atoms with Gasteiger partial charge in [0.2, 0.25) is 11.8 Å². The van der Waals surface area contributed by atoms with Gasteiger partial charge in [-0.25, -0.2) is 0 Å². The molecule has 1 spiro atoms. The summed E-state index contributed by atoms with van der Waals surface area (Å²) in [4.78, 5) is 41.5. The number of carbonyl (C=O) groups excluding carboxylic acids is 3. The Morgan fingerprint density at radius 3 is 2.59 bits per heavy atom. The molecule has 164 valence electrons. The summed E-state index contributed by atoms with van der Waals surface area (Å²) in [7, 11) is 0. The predicted molar refractivity (Wildman–Crippen MR) is 111 cm³/mol. The molecule has 0 radical (unpaired) electrons. The third-order valence-corrected chi connectivity index (χ3v) is 8.36. The van der Waals surface area contributed by atoms with Crippen LogP contribution in [-0.4, -0.2) is 68.6 Å². The number of hydrogen-bond donors (Lipinski definition) is 2. The number of fused-ring (bicyclic) bond motifs is 1. The molecule has 0 aliphatic carbocycles. The second kappa shape index (κ2) is 7.76. The lowest BCUT2D eigenvalue weighted by molar-refractivity contribution is -0.155. The summed E-state index contributed by atoms with van der Waals surface area (Å²) in [5.74, 6) is -1.66. The van der Waals surface area contributed by atoms with Crippen LogP contribution in [0.1, 0.15) is 60.3 Å². The zero-order chi connectivity index (χ0) is 21.6. The first kappa shape index (κ1) is 22.4. The van der Waals surface area contributed by atoms with E-state index >= 15 is 0 Å². The fraction of sp³-hybridized carbons (Fsp3) is 0.857. The Kier molecular flexibility index (Phi) is 6.00. The number of nitrogens with zero attached hydrogens (tertiary/aromatic N) is 1. The third kappa shape index (κ3) is 3.67. The fourth-order valence-electron chi connectivity index (χ4n) is 5.39. The summed E-state index contributed by atoms with van der Waals surface area (Å²) in [6.07, 6.45) is 2.71. The summed E-state index contributed by atoms with van der Waals surface area (Å²) in [5.41, 5.74) is -0.419. The van der Waals surface area contributed by atoms with E-state index in [4.69, 9.17) is 9.84 Å². The van der Waals surface area contributed by atoms with E-state index in [-0.39, 0.29) is 35.7 Å². The van der Waals surface area contributed by atoms with E-state index in [1.165, 1.54) is 0 Å². The maximum Gasteiger partial charge on any atom is 0.311 e. The van der Waals surface area contributed by atoms with Gasteiger partial charge < -0.3 is 20.1 Å². The van der Waals surface area contributed by atoms with Crippen molar-refractivity contribution in [2.24, 2.45) is 11.8 Å². The van der Waals surface area contributed by atoms with Gasteiger partial charge in [0.1, 0.15) is 6.04 Å². The molecule has 2 bridgehead atoms. The van der Waals surface area contributed by atoms with Gasteiger partial charge in [-0.1, -0.05) is 0 Å². The molecule has 3 aliphatic rings. The van der Waals surface area contributed by atoms with Crippen LogP contribution in [0.2, 0.25) is 0 Å². The van der Waals surface area contributed by atoms with Gasteiger partial charge in [-0.15, -0.1) is 11.8 Å². The summed E-state index contributed by atoms with van der Waals surface area (Å²) in [5, 5.41) is 12.2. The molecule has 3 rings (SSSR count). The van der Waals surface area contributed by atoms with Crippen LogP contribution in [0.15, 0.2) is 0 Å². The molecule has 3 fully saturated rings. The largest absolute Gasteiger partial charge is 0.466 e. The first-order valence-corrected chi connectivity index (χ1v) is 11.4. The Morgan fingerprint density at radius 2 is 2.00 bits per heavy atom. The van der Waals surface area contributed by atoms with Crippen LogP contribution in [-0.2, 0) is 19.1 Å². The number of ether oxygens (including phenoxy) is 1. The summed E-state index contributed by atoms with van der Waals surface area (Å²) in [6.45, 7) is 10.3. The quantitative estimate of drug-likeness (QED) is 0.475. The van der Waals surface area contributed by atoms with Crippen molar-refractivity contribution in [3.63, 3.8) is 0 Å². The first-order valence-electron chi connectivity index (χ1n) is 10.6. The lowest BCUT2D eigenvalue weighted by Gasteiger charge is -2.36. The van der Waals surface area contributed by atoms with Crippen molar-refractivity contribution in [1.82, 2.24) is 10.2 Å². The molecular formula is C21H34N2O5S. The van der Waals surface area contributed by atoms with Gasteiger partial charge in [-0.3, -0.25) is 14.4 Å². The smallest absolute Gasteiger partial charge is 0.311 e. The lowest BCUT2D eigenvalue weighted by atomic mass is 9.66. The second-order valence-corrected chi connectivity index (χ2v) is 11.6. The van der Waals surface area contributed by atoms with Gasteiger partial charge >= 0.3 is 5.97 Å². The van der Waals surface area contributed by atoms with E-state index < -0.39 is 28.2 Å². The molecule has 3 saturated heterocycles. The highest BCUT2D eigenvalue weighted by atomic mass is 32.2. The number of nitrogens with one attached hydrogen (secondary N) is 1. The maximum atomic E-state index is 13.6. The number of carbonyl (C=O) groups is 3. The van der Waals surface area contributed by atoms with Crippen LogP contribution in [0.5, 0.6) is 0 Å². The van der Waals surface area contributed by atoms with Gasteiger partial charge in [0.25, 0.3) is 0 Å². The molecule has 3 aliphatic heterocycles. The van der Waals surface area contributed by atoms with E-state index in [1.54, 1.807) is 23.6 Å². The number of thioether (sulfide) groups is 1. The summed E-state index contributed by atoms with van der Waals surface area (Å²) >= 11 is 1.65. The van der Waals surface area contributed by atoms with Crippen molar-refractivity contribution in [1.29, 1.82) is 0 Å². The molecule has 29 heavy (non-hydrogen) atoms. The Labute approximate surface area is 177 Å². The fourth-order valence-corrected chi connectivity index (χ4v) is 7.73. The highest BCUT2D eigenvalue weighted by molar-refractivity contribution is 8.02. The standard InChI is InChI=1S/C21H34N2O5S/c1-6-28-18(27)14-13-17(26)23(11-7-8-12-24)15(16(25)22-19(2,3)4)21(13)10-9-20(14,5)29-21/h13-15,24H,6-12H2,1-5H3,(H,22,25)/t13-,14+,15?,20-,21?/m0/s1. The number of amides is 2. The maximum absolute atomic E-state index is 13.6. The summed E-state index contributed by atoms with van der Waals surface area (Å²) in [6, 6.07) is -0.607. The van der Waals surface area contributed by atoms with Crippen molar-refractivity contribution >= 4 is 29.5 Å². The van der Waals surface area contributed by atoms with E-state index in [1.807, 2.05) is 27.7 Å². The predicted octanol–water partition coefficient (Wildman–Crippen LogP) is 1.72. The number of rotatable bonds is 7. The average molecular weight is 427 g/mol. The molecule has 0 saturated carbocycles. The number of unbranched alkanes of at least 4 members (excludes halogenated alkanes) is 1. The zero-order valence-electron chi connectivity index (χ0n) is 18.1. The van der Waals surface area contributed by atoms with Gasteiger partial charge in [0.05, 0.1) is 23.2 Å². The van der Waals surface area contributed by atoms with Crippen molar-refractivity contribution in [2.45, 2.75) is 81.4 Å². The van der Waals surface area contributed by atoms with Gasteiger partial charge in [-0.05, 0) is 60.3 Å². The molecule has 3 heterocycles. The zero-order valence-corrected chi connectivity index (χ0v) is 18.9. The lowest BCUT2D eigenvalue weighted by Crippen LogP contribution is -2.57. The van der Waals surface area contributed by atoms with Crippen LogP contribution < -0.4 is 5.32 Å². The number of esters is 1. The molecule has 0 aromatic heterocycles. The van der Waals surface area contributed by atoms with Crippen LogP contribution >= 0.6 is 11.8 Å². The SMILES string of the molecule is CCOC(=O)[C@H]1[C@H]2C(=O)N(CCCCO)C(C(=O)NC(C)(C)C)C23CC[C@]1(C)S3. The van der Waals surface area contributed by atoms with Crippen LogP contribution in [0.4, 0.5) is 0 Å². The topological polar surface area (TPSA) is 95.9 Å². The van der Waals surface area contributed by atoms with E-state index in [0.717, 1.165) is 12.8 Å². The van der Waals surface area contributed by atoms with E-state index in [0.29, 0.717) is 19.4 Å². The number of aliphatic hydroxyl groups excluding tert-OH is 1. The van der Waals surface area contributed by atoms with Crippen molar-refractivity contribution < 1.29 is 24.2 Å². The summed E-state index contributed by atoms with van der Waals surface area (Å²) < 4.78 is 4.37. The second-order valence-electron chi connectivity index (χ2n) is 9.68. The molecule has 0 aromatic rings. The van der Waals surface area contributed by atoms with E-state index in [2.05, 4.69) is 5.32 Å². The monoisotopic (exact) mass is 426 g/mol. The van der Waals surface area contributed by atoms with Gasteiger partial charge in [-0.2, -0.15) is 0 Å². The number of likely N-dealkylation sites (tertiary alicyclic amines) is 1. The highest BCUT2D eigenvalue weighted by Crippen LogP contribution is 2.71. The minimum absolute atomic E-state index is 0.0493. The Morgan fingerprint density at radius 1 is 1.31 bits per heavy atom. The molecular weight excluding hydrogens is 392 g/mol. The highest BCUT2D eigenvalue weighted by Gasteiger charge is 2.77. The van der Waals surface area contributed by atoms with Crippen LogP contribution in [0.3, 0.4) is 0 Å². The van der Waals surface area contributed by atoms with Crippen LogP contribution in [0.25, 0.3) is 0 Å². The molecule has 2 amide bonds. The normalized spacial score (nSPS) is 35.7. The minimum Gasteiger partial charge on any atom is -0.466 e. The molecule has 5 atom stereocenters. The molecule has 2 N–H and O–H groups in total. The third-order valence-electron chi connectivity index (χ3n) is 6.37. The first-order chi connectivity index (χ1) is 13.5. The van der Waals surface area contributed by atoms with Crippen LogP contribution in [0, 0.1) is 11.8 Å². The molecule has 0 aromatic carbocycles. The van der Waals surface area contributed by atoms with Crippen molar-refractivity contribution in [3.8, 4) is 0 Å². The van der Waals surface area contributed by atoms with Gasteiger partial charge in [0, 0.05) is 23.4 Å². The van der Waals surface area contributed by atoms with Gasteiger partial charge in [0.15, 0.2) is 0 Å². The Bertz CT molecular complexity index is 693. The Balaban J connectivity index is 2.00.